The number of aromatic nitrogens is 3. The van der Waals surface area contributed by atoms with Gasteiger partial charge in [-0.1, -0.05) is 19.0 Å². The summed E-state index contributed by atoms with van der Waals surface area (Å²) in [4.78, 5) is 8.07. The van der Waals surface area contributed by atoms with E-state index in [1.54, 1.807) is 6.20 Å². The van der Waals surface area contributed by atoms with E-state index in [-0.39, 0.29) is 0 Å². The number of nitrogens with zero attached hydrogens (tertiary/aromatic N) is 4. The van der Waals surface area contributed by atoms with E-state index in [0.717, 1.165) is 29.9 Å². The number of nitrogens with one attached hydrogen (secondary N) is 1. The lowest BCUT2D eigenvalue weighted by Crippen LogP contribution is -2.05. The Morgan fingerprint density at radius 2 is 2.11 bits per heavy atom. The van der Waals surface area contributed by atoms with Gasteiger partial charge in [0.25, 0.3) is 0 Å². The normalized spacial score (nSPS) is 10.2. The second-order valence-electron chi connectivity index (χ2n) is 3.99. The Hall–Kier alpha value is -2.42. The summed E-state index contributed by atoms with van der Waals surface area (Å²) in [5, 5.41) is 15.9. The van der Waals surface area contributed by atoms with Crippen LogP contribution in [0, 0.1) is 11.3 Å². The molecule has 2 rings (SSSR count). The molecule has 0 spiro atoms. The first-order chi connectivity index (χ1) is 9.28. The molecule has 0 atom stereocenters. The molecule has 6 heteroatoms. The van der Waals surface area contributed by atoms with Crippen LogP contribution in [0.2, 0.25) is 0 Å². The van der Waals surface area contributed by atoms with E-state index in [2.05, 4.69) is 20.4 Å². The maximum atomic E-state index is 8.65. The maximum Gasteiger partial charge on any atom is 0.158 e. The zero-order valence-electron chi connectivity index (χ0n) is 11.0. The summed E-state index contributed by atoms with van der Waals surface area (Å²) >= 11 is 0. The predicted molar refractivity (Wildman–Crippen MR) is 69.3 cm³/mol. The average Bonchev–Trinajstić information content (AvgIpc) is 2.87. The van der Waals surface area contributed by atoms with Crippen molar-refractivity contribution in [3.8, 4) is 6.07 Å². The standard InChI is InChI=1S/C13H15N5O/c1-3-11-10(12(4-2)19-18-11)7-17-13-8-15-9(5-14)6-16-13/h6,8H,3-4,7H2,1-2H3,(H,16,17). The van der Waals surface area contributed by atoms with Gasteiger partial charge in [-0.3, -0.25) is 0 Å². The predicted octanol–water partition coefficient (Wildman–Crippen LogP) is 2.07. The van der Waals surface area contributed by atoms with Crippen molar-refractivity contribution in [1.82, 2.24) is 15.1 Å². The molecular weight excluding hydrogens is 242 g/mol. The van der Waals surface area contributed by atoms with Crippen molar-refractivity contribution in [1.29, 1.82) is 5.26 Å². The van der Waals surface area contributed by atoms with E-state index in [9.17, 15) is 0 Å². The first-order valence-corrected chi connectivity index (χ1v) is 6.20. The smallest absolute Gasteiger partial charge is 0.158 e. The molecule has 98 valence electrons. The highest BCUT2D eigenvalue weighted by molar-refractivity contribution is 5.36. The summed E-state index contributed by atoms with van der Waals surface area (Å²) < 4.78 is 5.29. The number of hydrogen-bond acceptors (Lipinski definition) is 6. The van der Waals surface area contributed by atoms with E-state index in [0.29, 0.717) is 18.1 Å². The lowest BCUT2D eigenvalue weighted by atomic mass is 10.1. The number of rotatable bonds is 5. The first-order valence-electron chi connectivity index (χ1n) is 6.20. The summed E-state index contributed by atoms with van der Waals surface area (Å²) in [6.45, 7) is 4.67. The minimum Gasteiger partial charge on any atom is -0.365 e. The van der Waals surface area contributed by atoms with Crippen LogP contribution in [0.4, 0.5) is 5.82 Å². The zero-order chi connectivity index (χ0) is 13.7. The van der Waals surface area contributed by atoms with Crippen LogP contribution < -0.4 is 5.32 Å². The SMILES string of the molecule is CCc1noc(CC)c1CNc1cnc(C#N)cn1. The van der Waals surface area contributed by atoms with Crippen LogP contribution in [0.1, 0.15) is 36.6 Å². The van der Waals surface area contributed by atoms with Crippen molar-refractivity contribution in [3.05, 3.63) is 35.1 Å². The molecule has 0 saturated carbocycles. The molecular formula is C13H15N5O. The summed E-state index contributed by atoms with van der Waals surface area (Å²) in [6, 6.07) is 1.93. The maximum absolute atomic E-state index is 8.65. The molecule has 0 fully saturated rings. The molecule has 1 N–H and O–H groups in total. The van der Waals surface area contributed by atoms with E-state index < -0.39 is 0 Å². The van der Waals surface area contributed by atoms with Crippen LogP contribution in [-0.2, 0) is 19.4 Å². The molecule has 0 unspecified atom stereocenters. The van der Waals surface area contributed by atoms with Gasteiger partial charge in [0.05, 0.1) is 18.1 Å². The molecule has 2 aromatic rings. The minimum atomic E-state index is 0.305. The van der Waals surface area contributed by atoms with Gasteiger partial charge in [0.1, 0.15) is 17.6 Å². The lowest BCUT2D eigenvalue weighted by molar-refractivity contribution is 0.380. The van der Waals surface area contributed by atoms with Crippen molar-refractivity contribution in [2.75, 3.05) is 5.32 Å². The molecule has 2 aromatic heterocycles. The minimum absolute atomic E-state index is 0.305. The van der Waals surface area contributed by atoms with Crippen molar-refractivity contribution >= 4 is 5.82 Å². The topological polar surface area (TPSA) is 87.6 Å². The van der Waals surface area contributed by atoms with Gasteiger partial charge in [-0.25, -0.2) is 9.97 Å². The van der Waals surface area contributed by atoms with Gasteiger partial charge in [0.2, 0.25) is 0 Å². The van der Waals surface area contributed by atoms with E-state index in [4.69, 9.17) is 9.78 Å². The molecule has 0 radical (unpaired) electrons. The molecule has 0 aliphatic heterocycles. The second kappa shape index (κ2) is 5.96. The quantitative estimate of drug-likeness (QED) is 0.882. The third-order valence-electron chi connectivity index (χ3n) is 2.82. The highest BCUT2D eigenvalue weighted by Gasteiger charge is 2.13. The Labute approximate surface area is 111 Å². The number of nitriles is 1. The largest absolute Gasteiger partial charge is 0.365 e. The zero-order valence-corrected chi connectivity index (χ0v) is 11.0. The highest BCUT2D eigenvalue weighted by Crippen LogP contribution is 2.17. The van der Waals surface area contributed by atoms with E-state index >= 15 is 0 Å². The Morgan fingerprint density at radius 1 is 1.26 bits per heavy atom. The van der Waals surface area contributed by atoms with Gasteiger partial charge >= 0.3 is 0 Å². The van der Waals surface area contributed by atoms with Crippen molar-refractivity contribution < 1.29 is 4.52 Å². The van der Waals surface area contributed by atoms with Gasteiger partial charge in [0, 0.05) is 18.5 Å². The van der Waals surface area contributed by atoms with E-state index in [1.165, 1.54) is 6.20 Å². The Kier molecular flexibility index (Phi) is 4.08. The summed E-state index contributed by atoms with van der Waals surface area (Å²) in [5.74, 6) is 1.52. The van der Waals surface area contributed by atoms with Crippen LogP contribution in [0.25, 0.3) is 0 Å². The van der Waals surface area contributed by atoms with E-state index in [1.807, 2.05) is 19.9 Å². The van der Waals surface area contributed by atoms with Crippen molar-refractivity contribution in [2.24, 2.45) is 0 Å². The van der Waals surface area contributed by atoms with Gasteiger partial charge < -0.3 is 9.84 Å². The first kappa shape index (κ1) is 13.0. The van der Waals surface area contributed by atoms with Gasteiger partial charge in [-0.2, -0.15) is 5.26 Å². The van der Waals surface area contributed by atoms with Crippen LogP contribution in [-0.4, -0.2) is 15.1 Å². The summed E-state index contributed by atoms with van der Waals surface area (Å²) in [6.07, 6.45) is 4.63. The highest BCUT2D eigenvalue weighted by atomic mass is 16.5. The molecule has 6 nitrogen and oxygen atoms in total. The third-order valence-corrected chi connectivity index (χ3v) is 2.82. The summed E-state index contributed by atoms with van der Waals surface area (Å²) in [7, 11) is 0. The molecule has 0 aromatic carbocycles. The molecule has 19 heavy (non-hydrogen) atoms. The molecule has 0 aliphatic carbocycles. The molecule has 0 amide bonds. The van der Waals surface area contributed by atoms with Crippen molar-refractivity contribution in [3.63, 3.8) is 0 Å². The van der Waals surface area contributed by atoms with Crippen LogP contribution >= 0.6 is 0 Å². The number of hydrogen-bond donors (Lipinski definition) is 1. The fourth-order valence-corrected chi connectivity index (χ4v) is 1.79. The average molecular weight is 257 g/mol. The Bertz CT molecular complexity index is 561. The number of aryl methyl sites for hydroxylation is 2. The van der Waals surface area contributed by atoms with Crippen LogP contribution in [0.5, 0.6) is 0 Å². The van der Waals surface area contributed by atoms with Crippen molar-refractivity contribution in [2.45, 2.75) is 33.2 Å². The van der Waals surface area contributed by atoms with Gasteiger partial charge in [-0.05, 0) is 6.42 Å². The fraction of sp³-hybridized carbons (Fsp3) is 0.385. The Balaban J connectivity index is 2.09. The van der Waals surface area contributed by atoms with Crippen LogP contribution in [0.15, 0.2) is 16.9 Å². The van der Waals surface area contributed by atoms with Gasteiger partial charge in [-0.15, -0.1) is 0 Å². The fourth-order valence-electron chi connectivity index (χ4n) is 1.79. The molecule has 2 heterocycles. The number of anilines is 1. The third kappa shape index (κ3) is 2.88. The lowest BCUT2D eigenvalue weighted by Gasteiger charge is -2.05. The monoisotopic (exact) mass is 257 g/mol. The second-order valence-corrected chi connectivity index (χ2v) is 3.99. The molecule has 0 saturated heterocycles. The van der Waals surface area contributed by atoms with Gasteiger partial charge in [0.15, 0.2) is 5.69 Å². The van der Waals surface area contributed by atoms with Crippen LogP contribution in [0.3, 0.4) is 0 Å². The molecule has 0 bridgehead atoms. The molecule has 0 aliphatic rings. The Morgan fingerprint density at radius 3 is 2.68 bits per heavy atom. The summed E-state index contributed by atoms with van der Waals surface area (Å²) in [5.41, 5.74) is 2.35.